The minimum atomic E-state index is 0.345. The number of rotatable bonds is 5. The van der Waals surface area contributed by atoms with Crippen LogP contribution in [0.5, 0.6) is 0 Å². The molecule has 0 heterocycles. The van der Waals surface area contributed by atoms with Gasteiger partial charge in [-0.3, -0.25) is 0 Å². The average molecular weight is 216 g/mol. The van der Waals surface area contributed by atoms with Gasteiger partial charge in [-0.1, -0.05) is 20.3 Å². The Balaban J connectivity index is 2.10. The lowest BCUT2D eigenvalue weighted by atomic mass is 9.87. The molecule has 1 fully saturated rings. The maximum Gasteiger partial charge on any atom is 0.0464 e. The summed E-state index contributed by atoms with van der Waals surface area (Å²) in [5, 5.41) is 9.81. The first-order valence-electron chi connectivity index (χ1n) is 5.98. The third kappa shape index (κ3) is 4.22. The van der Waals surface area contributed by atoms with Crippen LogP contribution in [0.1, 0.15) is 46.0 Å². The maximum absolute atomic E-state index is 8.93. The van der Waals surface area contributed by atoms with E-state index in [2.05, 4.69) is 25.6 Å². The van der Waals surface area contributed by atoms with Crippen molar-refractivity contribution in [1.82, 2.24) is 0 Å². The molecule has 0 bridgehead atoms. The fourth-order valence-corrected chi connectivity index (χ4v) is 3.37. The summed E-state index contributed by atoms with van der Waals surface area (Å²) in [6, 6.07) is 0. The van der Waals surface area contributed by atoms with Crippen LogP contribution >= 0.6 is 11.8 Å². The second-order valence-electron chi connectivity index (χ2n) is 4.67. The smallest absolute Gasteiger partial charge is 0.0464 e. The number of aliphatic hydroxyl groups excluding tert-OH is 1. The number of hydrogen-bond acceptors (Lipinski definition) is 2. The molecule has 1 unspecified atom stereocenters. The highest BCUT2D eigenvalue weighted by Gasteiger charge is 2.20. The van der Waals surface area contributed by atoms with E-state index in [1.807, 2.05) is 0 Å². The van der Waals surface area contributed by atoms with Gasteiger partial charge in [0.1, 0.15) is 0 Å². The van der Waals surface area contributed by atoms with Crippen molar-refractivity contribution in [2.75, 3.05) is 12.4 Å². The van der Waals surface area contributed by atoms with Crippen molar-refractivity contribution in [2.24, 2.45) is 11.8 Å². The van der Waals surface area contributed by atoms with Crippen LogP contribution in [0.25, 0.3) is 0 Å². The summed E-state index contributed by atoms with van der Waals surface area (Å²) < 4.78 is 0. The SMILES string of the molecule is CCC1CCC(SCC(C)CO)CC1. The molecule has 0 aromatic carbocycles. The standard InChI is InChI=1S/C12H24OS/c1-3-11-4-6-12(7-5-11)14-9-10(2)8-13/h10-13H,3-9H2,1-2H3. The fourth-order valence-electron chi connectivity index (χ4n) is 2.06. The minimum absolute atomic E-state index is 0.345. The molecular weight excluding hydrogens is 192 g/mol. The Bertz CT molecular complexity index is 141. The van der Waals surface area contributed by atoms with Crippen LogP contribution in [0.15, 0.2) is 0 Å². The molecule has 1 aliphatic carbocycles. The zero-order valence-electron chi connectivity index (χ0n) is 9.54. The van der Waals surface area contributed by atoms with Crippen LogP contribution in [0.2, 0.25) is 0 Å². The summed E-state index contributed by atoms with van der Waals surface area (Å²) in [6.07, 6.45) is 7.04. The highest BCUT2D eigenvalue weighted by Crippen LogP contribution is 2.33. The molecule has 0 amide bonds. The van der Waals surface area contributed by atoms with Crippen molar-refractivity contribution in [3.8, 4) is 0 Å². The van der Waals surface area contributed by atoms with E-state index in [1.54, 1.807) is 0 Å². The van der Waals surface area contributed by atoms with E-state index < -0.39 is 0 Å². The molecule has 0 aliphatic heterocycles. The van der Waals surface area contributed by atoms with Gasteiger partial charge in [0.25, 0.3) is 0 Å². The molecule has 0 saturated heterocycles. The predicted molar refractivity (Wildman–Crippen MR) is 64.7 cm³/mol. The van der Waals surface area contributed by atoms with E-state index in [4.69, 9.17) is 5.11 Å². The molecule has 1 aliphatic rings. The predicted octanol–water partition coefficient (Wildman–Crippen LogP) is 3.32. The van der Waals surface area contributed by atoms with Crippen LogP contribution in [0, 0.1) is 11.8 Å². The van der Waals surface area contributed by atoms with Gasteiger partial charge in [0, 0.05) is 11.9 Å². The first-order valence-corrected chi connectivity index (χ1v) is 7.03. The van der Waals surface area contributed by atoms with Crippen molar-refractivity contribution in [3.63, 3.8) is 0 Å². The lowest BCUT2D eigenvalue weighted by Gasteiger charge is -2.27. The van der Waals surface area contributed by atoms with E-state index >= 15 is 0 Å². The molecular formula is C12H24OS. The molecule has 2 heteroatoms. The van der Waals surface area contributed by atoms with Gasteiger partial charge in [-0.25, -0.2) is 0 Å². The van der Waals surface area contributed by atoms with Gasteiger partial charge < -0.3 is 5.11 Å². The molecule has 1 saturated carbocycles. The summed E-state index contributed by atoms with van der Waals surface area (Å²) >= 11 is 2.08. The lowest BCUT2D eigenvalue weighted by Crippen LogP contribution is -2.17. The molecule has 0 aromatic heterocycles. The topological polar surface area (TPSA) is 20.2 Å². The van der Waals surface area contributed by atoms with Crippen molar-refractivity contribution >= 4 is 11.8 Å². The Morgan fingerprint density at radius 1 is 1.29 bits per heavy atom. The summed E-state index contributed by atoms with van der Waals surface area (Å²) in [4.78, 5) is 0. The number of hydrogen-bond donors (Lipinski definition) is 1. The second kappa shape index (κ2) is 6.73. The monoisotopic (exact) mass is 216 g/mol. The fraction of sp³-hybridized carbons (Fsp3) is 1.00. The Hall–Kier alpha value is 0.310. The van der Waals surface area contributed by atoms with Gasteiger partial charge in [0.05, 0.1) is 0 Å². The van der Waals surface area contributed by atoms with E-state index in [0.717, 1.165) is 16.9 Å². The Labute approximate surface area is 92.7 Å². The van der Waals surface area contributed by atoms with Gasteiger partial charge in [0.15, 0.2) is 0 Å². The molecule has 1 nitrogen and oxygen atoms in total. The van der Waals surface area contributed by atoms with Crippen molar-refractivity contribution in [3.05, 3.63) is 0 Å². The molecule has 0 spiro atoms. The maximum atomic E-state index is 8.93. The van der Waals surface area contributed by atoms with Gasteiger partial charge in [-0.05, 0) is 43.3 Å². The van der Waals surface area contributed by atoms with Gasteiger partial charge >= 0.3 is 0 Å². The van der Waals surface area contributed by atoms with Gasteiger partial charge in [-0.15, -0.1) is 0 Å². The molecule has 84 valence electrons. The van der Waals surface area contributed by atoms with Crippen LogP contribution in [0.3, 0.4) is 0 Å². The average Bonchev–Trinajstić information content (AvgIpc) is 2.26. The summed E-state index contributed by atoms with van der Waals surface area (Å²) in [5.41, 5.74) is 0. The van der Waals surface area contributed by atoms with Crippen LogP contribution in [-0.2, 0) is 0 Å². The summed E-state index contributed by atoms with van der Waals surface area (Å²) in [6.45, 7) is 4.79. The molecule has 1 atom stereocenters. The van der Waals surface area contributed by atoms with Gasteiger partial charge in [0.2, 0.25) is 0 Å². The van der Waals surface area contributed by atoms with Crippen molar-refractivity contribution < 1.29 is 5.11 Å². The van der Waals surface area contributed by atoms with E-state index in [1.165, 1.54) is 32.1 Å². The zero-order chi connectivity index (χ0) is 10.4. The van der Waals surface area contributed by atoms with Crippen LogP contribution < -0.4 is 0 Å². The first-order chi connectivity index (χ1) is 6.76. The highest BCUT2D eigenvalue weighted by atomic mass is 32.2. The normalized spacial score (nSPS) is 30.2. The number of aliphatic hydroxyl groups is 1. The van der Waals surface area contributed by atoms with Crippen molar-refractivity contribution in [1.29, 1.82) is 0 Å². The highest BCUT2D eigenvalue weighted by molar-refractivity contribution is 7.99. The van der Waals surface area contributed by atoms with E-state index in [-0.39, 0.29) is 0 Å². The van der Waals surface area contributed by atoms with Crippen molar-refractivity contribution in [2.45, 2.75) is 51.2 Å². The minimum Gasteiger partial charge on any atom is -0.396 e. The first kappa shape index (κ1) is 12.4. The molecule has 1 rings (SSSR count). The Morgan fingerprint density at radius 2 is 1.93 bits per heavy atom. The Morgan fingerprint density at radius 3 is 2.43 bits per heavy atom. The summed E-state index contributed by atoms with van der Waals surface area (Å²) in [7, 11) is 0. The largest absolute Gasteiger partial charge is 0.396 e. The number of thioether (sulfide) groups is 1. The molecule has 0 radical (unpaired) electrons. The van der Waals surface area contributed by atoms with E-state index in [0.29, 0.717) is 12.5 Å². The molecule has 0 aromatic rings. The van der Waals surface area contributed by atoms with Gasteiger partial charge in [-0.2, -0.15) is 11.8 Å². The quantitative estimate of drug-likeness (QED) is 0.761. The van der Waals surface area contributed by atoms with Crippen LogP contribution in [-0.4, -0.2) is 22.7 Å². The Kier molecular flexibility index (Phi) is 5.95. The summed E-state index contributed by atoms with van der Waals surface area (Å²) in [5.74, 6) is 2.61. The molecule has 14 heavy (non-hydrogen) atoms. The van der Waals surface area contributed by atoms with Crippen LogP contribution in [0.4, 0.5) is 0 Å². The third-order valence-electron chi connectivity index (χ3n) is 3.30. The molecule has 1 N–H and O–H groups in total. The lowest BCUT2D eigenvalue weighted by molar-refractivity contribution is 0.250. The third-order valence-corrected chi connectivity index (χ3v) is 5.00. The zero-order valence-corrected chi connectivity index (χ0v) is 10.4. The van der Waals surface area contributed by atoms with E-state index in [9.17, 15) is 0 Å². The second-order valence-corrected chi connectivity index (χ2v) is 6.01.